The first-order valence-electron chi connectivity index (χ1n) is 6.59. The van der Waals surface area contributed by atoms with Gasteiger partial charge in [-0.05, 0) is 25.5 Å². The number of benzene rings is 1. The lowest BCUT2D eigenvalue weighted by molar-refractivity contribution is 0.0944. The molecule has 0 aliphatic carbocycles. The number of methoxy groups -OCH3 is 1. The molecule has 2 rings (SSSR count). The maximum atomic E-state index is 11.9. The number of imidazole rings is 1. The molecule has 106 valence electrons. The van der Waals surface area contributed by atoms with Crippen LogP contribution in [0.5, 0.6) is 0 Å². The molecule has 0 radical (unpaired) electrons. The Balaban J connectivity index is 1.98. The van der Waals surface area contributed by atoms with Crippen LogP contribution in [0.2, 0.25) is 0 Å². The van der Waals surface area contributed by atoms with Crippen molar-refractivity contribution in [2.75, 3.05) is 20.3 Å². The summed E-state index contributed by atoms with van der Waals surface area (Å²) in [5, 5.41) is 2.81. The number of hydrogen-bond acceptors (Lipinski definition) is 3. The van der Waals surface area contributed by atoms with E-state index in [1.54, 1.807) is 19.6 Å². The summed E-state index contributed by atoms with van der Waals surface area (Å²) in [6.07, 6.45) is 4.17. The van der Waals surface area contributed by atoms with Crippen molar-refractivity contribution in [3.8, 4) is 5.69 Å². The van der Waals surface area contributed by atoms with E-state index in [0.717, 1.165) is 12.1 Å². The van der Waals surface area contributed by atoms with Crippen molar-refractivity contribution < 1.29 is 9.53 Å². The van der Waals surface area contributed by atoms with E-state index < -0.39 is 0 Å². The molecule has 0 saturated heterocycles. The van der Waals surface area contributed by atoms with Gasteiger partial charge in [0.1, 0.15) is 12.0 Å². The predicted octanol–water partition coefficient (Wildman–Crippen LogP) is 1.95. The highest BCUT2D eigenvalue weighted by molar-refractivity contribution is 5.92. The van der Waals surface area contributed by atoms with Gasteiger partial charge in [0.2, 0.25) is 0 Å². The minimum Gasteiger partial charge on any atom is -0.385 e. The average molecular weight is 273 g/mol. The maximum absolute atomic E-state index is 11.9. The quantitative estimate of drug-likeness (QED) is 0.818. The summed E-state index contributed by atoms with van der Waals surface area (Å²) in [7, 11) is 1.64. The second-order valence-corrected chi connectivity index (χ2v) is 4.60. The Kier molecular flexibility index (Phi) is 4.90. The number of nitrogens with zero attached hydrogens (tertiary/aromatic N) is 2. The zero-order chi connectivity index (χ0) is 14.4. The number of ether oxygens (including phenoxy) is 1. The Hall–Kier alpha value is -2.14. The molecule has 0 spiro atoms. The molecule has 1 aromatic carbocycles. The van der Waals surface area contributed by atoms with Crippen LogP contribution in [0.4, 0.5) is 0 Å². The first-order chi connectivity index (χ1) is 9.70. The monoisotopic (exact) mass is 273 g/mol. The van der Waals surface area contributed by atoms with E-state index in [0.29, 0.717) is 18.8 Å². The Morgan fingerprint density at radius 1 is 1.35 bits per heavy atom. The predicted molar refractivity (Wildman–Crippen MR) is 77.1 cm³/mol. The molecular weight excluding hydrogens is 254 g/mol. The summed E-state index contributed by atoms with van der Waals surface area (Å²) in [6.45, 7) is 3.26. The van der Waals surface area contributed by atoms with Gasteiger partial charge in [-0.2, -0.15) is 0 Å². The van der Waals surface area contributed by atoms with E-state index in [1.165, 1.54) is 5.56 Å². The van der Waals surface area contributed by atoms with Crippen molar-refractivity contribution in [3.63, 3.8) is 0 Å². The van der Waals surface area contributed by atoms with Crippen molar-refractivity contribution >= 4 is 5.91 Å². The maximum Gasteiger partial charge on any atom is 0.271 e. The van der Waals surface area contributed by atoms with Crippen molar-refractivity contribution in [2.45, 2.75) is 13.3 Å². The van der Waals surface area contributed by atoms with Crippen LogP contribution in [0.3, 0.4) is 0 Å². The standard InChI is InChI=1S/C15H19N3O2/c1-12-4-6-13(7-5-12)18-10-14(17-11-18)15(19)16-8-3-9-20-2/h4-7,10-11H,3,8-9H2,1-2H3,(H,16,19). The van der Waals surface area contributed by atoms with Crippen molar-refractivity contribution in [3.05, 3.63) is 48.0 Å². The van der Waals surface area contributed by atoms with Gasteiger partial charge in [-0.15, -0.1) is 0 Å². The third-order valence-electron chi connectivity index (χ3n) is 2.96. The molecule has 0 bridgehead atoms. The van der Waals surface area contributed by atoms with Crippen LogP contribution >= 0.6 is 0 Å². The van der Waals surface area contributed by atoms with Gasteiger partial charge in [0.25, 0.3) is 5.91 Å². The normalized spacial score (nSPS) is 10.5. The molecule has 0 saturated carbocycles. The van der Waals surface area contributed by atoms with Gasteiger partial charge in [0.15, 0.2) is 0 Å². The fraction of sp³-hybridized carbons (Fsp3) is 0.333. The van der Waals surface area contributed by atoms with Crippen molar-refractivity contribution in [1.29, 1.82) is 0 Å². The molecule has 5 heteroatoms. The summed E-state index contributed by atoms with van der Waals surface area (Å²) < 4.78 is 6.77. The second kappa shape index (κ2) is 6.86. The molecule has 0 aliphatic rings. The molecule has 1 amide bonds. The molecule has 20 heavy (non-hydrogen) atoms. The van der Waals surface area contributed by atoms with E-state index >= 15 is 0 Å². The number of amides is 1. The van der Waals surface area contributed by atoms with Gasteiger partial charge in [0.05, 0.1) is 0 Å². The Morgan fingerprint density at radius 2 is 2.10 bits per heavy atom. The smallest absolute Gasteiger partial charge is 0.271 e. The van der Waals surface area contributed by atoms with Gasteiger partial charge in [-0.3, -0.25) is 4.79 Å². The minimum absolute atomic E-state index is 0.160. The molecule has 1 aromatic heterocycles. The summed E-state index contributed by atoms with van der Waals surface area (Å²) >= 11 is 0. The van der Waals surface area contributed by atoms with Gasteiger partial charge < -0.3 is 14.6 Å². The van der Waals surface area contributed by atoms with Gasteiger partial charge in [-0.1, -0.05) is 17.7 Å². The fourth-order valence-electron chi connectivity index (χ4n) is 1.81. The van der Waals surface area contributed by atoms with Gasteiger partial charge >= 0.3 is 0 Å². The number of carbonyl (C=O) groups excluding carboxylic acids is 1. The van der Waals surface area contributed by atoms with Crippen LogP contribution in [-0.4, -0.2) is 35.7 Å². The lowest BCUT2D eigenvalue weighted by Gasteiger charge is -2.03. The van der Waals surface area contributed by atoms with Crippen LogP contribution in [0.15, 0.2) is 36.8 Å². The lowest BCUT2D eigenvalue weighted by atomic mass is 10.2. The third-order valence-corrected chi connectivity index (χ3v) is 2.96. The topological polar surface area (TPSA) is 56.1 Å². The number of nitrogens with one attached hydrogen (secondary N) is 1. The van der Waals surface area contributed by atoms with E-state index in [-0.39, 0.29) is 5.91 Å². The SMILES string of the molecule is COCCCNC(=O)c1cn(-c2ccc(C)cc2)cn1. The number of hydrogen-bond donors (Lipinski definition) is 1. The highest BCUT2D eigenvalue weighted by Gasteiger charge is 2.09. The molecule has 0 fully saturated rings. The molecule has 2 aromatic rings. The highest BCUT2D eigenvalue weighted by Crippen LogP contribution is 2.10. The van der Waals surface area contributed by atoms with Crippen LogP contribution < -0.4 is 5.32 Å². The van der Waals surface area contributed by atoms with Crippen LogP contribution in [0.1, 0.15) is 22.5 Å². The summed E-state index contributed by atoms with van der Waals surface area (Å²) in [6, 6.07) is 8.05. The molecule has 1 N–H and O–H groups in total. The average Bonchev–Trinajstić information content (AvgIpc) is 2.94. The largest absolute Gasteiger partial charge is 0.385 e. The Morgan fingerprint density at radius 3 is 2.80 bits per heavy atom. The first kappa shape index (κ1) is 14.3. The summed E-state index contributed by atoms with van der Waals surface area (Å²) in [5.74, 6) is -0.160. The van der Waals surface area contributed by atoms with E-state index in [4.69, 9.17) is 4.74 Å². The number of rotatable bonds is 6. The van der Waals surface area contributed by atoms with Gasteiger partial charge in [0, 0.05) is 32.1 Å². The zero-order valence-electron chi connectivity index (χ0n) is 11.8. The molecule has 5 nitrogen and oxygen atoms in total. The number of carbonyl (C=O) groups is 1. The molecular formula is C15H19N3O2. The lowest BCUT2D eigenvalue weighted by Crippen LogP contribution is -2.25. The number of aromatic nitrogens is 2. The van der Waals surface area contributed by atoms with E-state index in [1.807, 2.05) is 35.8 Å². The van der Waals surface area contributed by atoms with Crippen LogP contribution in [0.25, 0.3) is 5.69 Å². The summed E-state index contributed by atoms with van der Waals surface area (Å²) in [5.41, 5.74) is 2.61. The van der Waals surface area contributed by atoms with Crippen LogP contribution in [-0.2, 0) is 4.74 Å². The fourth-order valence-corrected chi connectivity index (χ4v) is 1.81. The van der Waals surface area contributed by atoms with Gasteiger partial charge in [-0.25, -0.2) is 4.98 Å². The Labute approximate surface area is 118 Å². The first-order valence-corrected chi connectivity index (χ1v) is 6.59. The second-order valence-electron chi connectivity index (χ2n) is 4.60. The molecule has 1 heterocycles. The third kappa shape index (κ3) is 3.68. The van der Waals surface area contributed by atoms with Crippen LogP contribution in [0, 0.1) is 6.92 Å². The van der Waals surface area contributed by atoms with E-state index in [9.17, 15) is 4.79 Å². The van der Waals surface area contributed by atoms with Crippen molar-refractivity contribution in [2.24, 2.45) is 0 Å². The zero-order valence-corrected chi connectivity index (χ0v) is 11.8. The molecule has 0 aliphatic heterocycles. The number of aryl methyl sites for hydroxylation is 1. The molecule has 0 atom stereocenters. The minimum atomic E-state index is -0.160. The molecule has 0 unspecified atom stereocenters. The highest BCUT2D eigenvalue weighted by atomic mass is 16.5. The van der Waals surface area contributed by atoms with E-state index in [2.05, 4.69) is 10.3 Å². The Bertz CT molecular complexity index is 561. The summed E-state index contributed by atoms with van der Waals surface area (Å²) in [4.78, 5) is 16.0. The van der Waals surface area contributed by atoms with Crippen molar-refractivity contribution in [1.82, 2.24) is 14.9 Å².